The summed E-state index contributed by atoms with van der Waals surface area (Å²) >= 11 is 0. The van der Waals surface area contributed by atoms with Gasteiger partial charge in [0.05, 0.1) is 33.1 Å². The Labute approximate surface area is 397 Å². The molecule has 0 aliphatic heterocycles. The third kappa shape index (κ3) is 6.16. The van der Waals surface area contributed by atoms with Crippen LogP contribution >= 0.6 is 0 Å². The normalized spacial score (nSPS) is 11.8. The van der Waals surface area contributed by atoms with Crippen molar-refractivity contribution in [2.75, 3.05) is 0 Å². The van der Waals surface area contributed by atoms with Gasteiger partial charge in [-0.1, -0.05) is 158 Å². The van der Waals surface area contributed by atoms with Gasteiger partial charge in [0.1, 0.15) is 0 Å². The molecule has 0 saturated heterocycles. The highest BCUT2D eigenvalue weighted by Gasteiger charge is 2.24. The minimum Gasteiger partial charge on any atom is -0.309 e. The molecule has 6 nitrogen and oxygen atoms in total. The van der Waals surface area contributed by atoms with Crippen molar-refractivity contribution < 1.29 is 0 Å². The van der Waals surface area contributed by atoms with Crippen LogP contribution in [0.4, 0.5) is 0 Å². The summed E-state index contributed by atoms with van der Waals surface area (Å²) in [6, 6.07) is 86.3. The van der Waals surface area contributed by atoms with E-state index in [1.807, 2.05) is 36.4 Å². The molecule has 0 unspecified atom stereocenters. The number of benzene rings is 10. The van der Waals surface area contributed by atoms with E-state index in [0.717, 1.165) is 83.1 Å². The molecule has 0 spiro atoms. The van der Waals surface area contributed by atoms with Crippen molar-refractivity contribution in [1.29, 1.82) is 0 Å². The lowest BCUT2D eigenvalue weighted by Gasteiger charge is -2.15. The first-order chi connectivity index (χ1) is 34.2. The molecule has 322 valence electrons. The van der Waals surface area contributed by atoms with Crippen LogP contribution in [0.5, 0.6) is 0 Å². The van der Waals surface area contributed by atoms with E-state index in [1.54, 1.807) is 0 Å². The van der Waals surface area contributed by atoms with Gasteiger partial charge in [-0.25, -0.2) is 15.0 Å². The summed E-state index contributed by atoms with van der Waals surface area (Å²) in [5.41, 5.74) is 15.2. The molecule has 14 aromatic rings. The Morgan fingerprint density at radius 2 is 0.652 bits per heavy atom. The molecular formula is C63H40N6. The highest BCUT2D eigenvalue weighted by molar-refractivity contribution is 6.20. The summed E-state index contributed by atoms with van der Waals surface area (Å²) in [4.78, 5) is 15.7. The number of rotatable bonds is 7. The predicted molar refractivity (Wildman–Crippen MR) is 285 cm³/mol. The molecule has 0 fully saturated rings. The third-order valence-electron chi connectivity index (χ3n) is 13.7. The summed E-state index contributed by atoms with van der Waals surface area (Å²) in [6.45, 7) is 0. The van der Waals surface area contributed by atoms with Crippen LogP contribution in [-0.4, -0.2) is 28.7 Å². The lowest BCUT2D eigenvalue weighted by Crippen LogP contribution is -2.01. The first-order valence-corrected chi connectivity index (χ1v) is 23.4. The molecule has 0 radical (unpaired) electrons. The van der Waals surface area contributed by atoms with Gasteiger partial charge in [0, 0.05) is 71.6 Å². The van der Waals surface area contributed by atoms with Crippen molar-refractivity contribution in [3.63, 3.8) is 0 Å². The smallest absolute Gasteiger partial charge is 0.164 e. The van der Waals surface area contributed by atoms with E-state index < -0.39 is 0 Å². The van der Waals surface area contributed by atoms with Gasteiger partial charge in [-0.05, 0) is 90.5 Å². The van der Waals surface area contributed by atoms with E-state index in [2.05, 4.69) is 220 Å². The monoisotopic (exact) mass is 880 g/mol. The summed E-state index contributed by atoms with van der Waals surface area (Å²) in [5.74, 6) is 1.86. The molecule has 0 bridgehead atoms. The fraction of sp³-hybridized carbons (Fsp3) is 0. The second-order valence-corrected chi connectivity index (χ2v) is 17.6. The van der Waals surface area contributed by atoms with Gasteiger partial charge in [0.25, 0.3) is 0 Å². The van der Waals surface area contributed by atoms with Crippen molar-refractivity contribution in [2.45, 2.75) is 0 Å². The van der Waals surface area contributed by atoms with Crippen molar-refractivity contribution in [3.05, 3.63) is 243 Å². The first-order valence-electron chi connectivity index (χ1n) is 23.4. The molecule has 0 atom stereocenters. The zero-order valence-electron chi connectivity index (χ0n) is 37.3. The minimum atomic E-state index is 0.613. The van der Waals surface area contributed by atoms with Crippen molar-refractivity contribution in [1.82, 2.24) is 28.7 Å². The number of aromatic nitrogens is 6. The summed E-state index contributed by atoms with van der Waals surface area (Å²) < 4.78 is 7.18. The van der Waals surface area contributed by atoms with E-state index >= 15 is 0 Å². The van der Waals surface area contributed by atoms with Crippen LogP contribution in [0.3, 0.4) is 0 Å². The van der Waals surface area contributed by atoms with E-state index in [-0.39, 0.29) is 0 Å². The van der Waals surface area contributed by atoms with E-state index in [0.29, 0.717) is 17.5 Å². The van der Waals surface area contributed by atoms with Crippen LogP contribution in [-0.2, 0) is 0 Å². The maximum atomic E-state index is 5.33. The zero-order chi connectivity index (χ0) is 45.4. The molecule has 69 heavy (non-hydrogen) atoms. The molecule has 4 aromatic heterocycles. The fourth-order valence-corrected chi connectivity index (χ4v) is 10.7. The largest absolute Gasteiger partial charge is 0.309 e. The highest BCUT2D eigenvalue weighted by atomic mass is 15.0. The van der Waals surface area contributed by atoms with Crippen LogP contribution in [0.1, 0.15) is 0 Å². The first kappa shape index (κ1) is 38.8. The Morgan fingerprint density at radius 3 is 1.23 bits per heavy atom. The van der Waals surface area contributed by atoms with E-state index in [1.165, 1.54) is 27.2 Å². The molecular weight excluding hydrogens is 841 g/mol. The molecule has 0 saturated carbocycles. The lowest BCUT2D eigenvalue weighted by molar-refractivity contribution is 1.07. The number of para-hydroxylation sites is 5. The SMILES string of the molecule is c1ccc(-c2nc(-c3ccccc3)nc(-c3ccc4c(c3-c3ccc5c(c3)c3ccccc3n5-c3ccc5c(c3)c3ccccc3n5-c3ccccc3)c3ccccc3n4-c3ccccc3)n2)cc1. The van der Waals surface area contributed by atoms with Crippen LogP contribution < -0.4 is 0 Å². The van der Waals surface area contributed by atoms with Gasteiger partial charge in [-0.15, -0.1) is 0 Å². The molecule has 0 aliphatic carbocycles. The predicted octanol–water partition coefficient (Wildman–Crippen LogP) is 15.8. The number of nitrogens with zero attached hydrogens (tertiary/aromatic N) is 6. The molecule has 6 heteroatoms. The average molecular weight is 881 g/mol. The summed E-state index contributed by atoms with van der Waals surface area (Å²) in [6.07, 6.45) is 0. The second-order valence-electron chi connectivity index (χ2n) is 17.6. The van der Waals surface area contributed by atoms with Gasteiger partial charge in [-0.2, -0.15) is 0 Å². The highest BCUT2D eigenvalue weighted by Crippen LogP contribution is 2.46. The van der Waals surface area contributed by atoms with Crippen molar-refractivity contribution >= 4 is 65.4 Å². The number of hydrogen-bond donors (Lipinski definition) is 0. The third-order valence-corrected chi connectivity index (χ3v) is 13.7. The van der Waals surface area contributed by atoms with Gasteiger partial charge in [0.2, 0.25) is 0 Å². The van der Waals surface area contributed by atoms with Gasteiger partial charge >= 0.3 is 0 Å². The van der Waals surface area contributed by atoms with Crippen LogP contribution in [0.2, 0.25) is 0 Å². The standard InChI is InChI=1S/C63H40N6/c1-5-19-41(20-6-1)61-64-62(42-21-7-2-8-22-42)66-63(65-61)50-35-38-58-60(49-29-15-18-32-55(49)68(58)45-25-11-4-12-26-45)59(50)43-33-36-56-51(39-43)47-27-13-17-31-54(47)69(56)46-34-37-57-52(40-46)48-28-14-16-30-53(48)67(57)44-23-9-3-10-24-44/h1-40H. The Morgan fingerprint density at radius 1 is 0.246 bits per heavy atom. The van der Waals surface area contributed by atoms with Crippen molar-refractivity contribution in [3.8, 4) is 62.4 Å². The van der Waals surface area contributed by atoms with Gasteiger partial charge < -0.3 is 13.7 Å². The van der Waals surface area contributed by atoms with Crippen LogP contribution in [0, 0.1) is 0 Å². The lowest BCUT2D eigenvalue weighted by atomic mass is 9.92. The molecule has 10 aromatic carbocycles. The Kier molecular flexibility index (Phi) is 8.79. The average Bonchev–Trinajstić information content (AvgIpc) is 4.07. The van der Waals surface area contributed by atoms with Gasteiger partial charge in [0.15, 0.2) is 17.5 Å². The summed E-state index contributed by atoms with van der Waals surface area (Å²) in [7, 11) is 0. The molecule has 0 N–H and O–H groups in total. The Balaban J connectivity index is 1.05. The molecule has 14 rings (SSSR count). The molecule has 0 aliphatic rings. The van der Waals surface area contributed by atoms with E-state index in [9.17, 15) is 0 Å². The number of fused-ring (bicyclic) bond motifs is 9. The molecule has 0 amide bonds. The van der Waals surface area contributed by atoms with E-state index in [4.69, 9.17) is 15.0 Å². The maximum Gasteiger partial charge on any atom is 0.164 e. The minimum absolute atomic E-state index is 0.613. The Hall–Kier alpha value is -9.39. The zero-order valence-corrected chi connectivity index (χ0v) is 37.3. The summed E-state index contributed by atoms with van der Waals surface area (Å²) in [5, 5.41) is 7.07. The molecule has 4 heterocycles. The van der Waals surface area contributed by atoms with Crippen molar-refractivity contribution in [2.24, 2.45) is 0 Å². The Bertz CT molecular complexity index is 4230. The number of hydrogen-bond acceptors (Lipinski definition) is 3. The maximum absolute atomic E-state index is 5.33. The topological polar surface area (TPSA) is 53.5 Å². The quantitative estimate of drug-likeness (QED) is 0.160. The van der Waals surface area contributed by atoms with Crippen LogP contribution in [0.15, 0.2) is 243 Å². The van der Waals surface area contributed by atoms with Gasteiger partial charge in [-0.3, -0.25) is 0 Å². The fourth-order valence-electron chi connectivity index (χ4n) is 10.7. The van der Waals surface area contributed by atoms with Crippen LogP contribution in [0.25, 0.3) is 128 Å². The second kappa shape index (κ2) is 15.6.